The number of nitrogens with zero attached hydrogens (tertiary/aromatic N) is 2. The summed E-state index contributed by atoms with van der Waals surface area (Å²) >= 11 is 0. The summed E-state index contributed by atoms with van der Waals surface area (Å²) in [6, 6.07) is 17.2. The van der Waals surface area contributed by atoms with Gasteiger partial charge < -0.3 is 14.8 Å². The van der Waals surface area contributed by atoms with E-state index < -0.39 is 0 Å². The average molecular weight is 319 g/mol. The second-order valence-electron chi connectivity index (χ2n) is 5.25. The van der Waals surface area contributed by atoms with Crippen LogP contribution in [-0.4, -0.2) is 19.2 Å². The Bertz CT molecular complexity index is 916. The molecule has 0 amide bonds. The molecule has 0 fully saturated rings. The number of aromatic nitrogens is 1. The van der Waals surface area contributed by atoms with Crippen LogP contribution < -0.4 is 14.8 Å². The standard InChI is InChI=1S/C19H17N3O2/c1-23-16-6-4-15(18(10-16)24-2)12-21-19-8-5-14-9-13(11-20)3-7-17(14)22-19/h3-10H,12H2,1-2H3,(H,21,22). The van der Waals surface area contributed by atoms with Crippen LogP contribution in [0.5, 0.6) is 11.5 Å². The lowest BCUT2D eigenvalue weighted by Crippen LogP contribution is -2.03. The SMILES string of the molecule is COc1ccc(CNc2ccc3cc(C#N)ccc3n2)c(OC)c1. The fourth-order valence-electron chi connectivity index (χ4n) is 2.48. The molecule has 1 N–H and O–H groups in total. The van der Waals surface area contributed by atoms with Crippen LogP contribution in [0.1, 0.15) is 11.1 Å². The summed E-state index contributed by atoms with van der Waals surface area (Å²) in [4.78, 5) is 4.57. The summed E-state index contributed by atoms with van der Waals surface area (Å²) in [5.41, 5.74) is 2.49. The predicted molar refractivity (Wildman–Crippen MR) is 93.3 cm³/mol. The number of methoxy groups -OCH3 is 2. The minimum atomic E-state index is 0.585. The van der Waals surface area contributed by atoms with Crippen molar-refractivity contribution in [2.45, 2.75) is 6.54 Å². The fourth-order valence-corrected chi connectivity index (χ4v) is 2.48. The van der Waals surface area contributed by atoms with E-state index in [1.165, 1.54) is 0 Å². The predicted octanol–water partition coefficient (Wildman–Crippen LogP) is 3.74. The Kier molecular flexibility index (Phi) is 4.48. The maximum Gasteiger partial charge on any atom is 0.127 e. The molecule has 0 saturated heterocycles. The number of ether oxygens (including phenoxy) is 2. The van der Waals surface area contributed by atoms with E-state index in [2.05, 4.69) is 16.4 Å². The first kappa shape index (κ1) is 15.6. The fraction of sp³-hybridized carbons (Fsp3) is 0.158. The summed E-state index contributed by atoms with van der Waals surface area (Å²) in [5, 5.41) is 13.2. The normalized spacial score (nSPS) is 10.2. The highest BCUT2D eigenvalue weighted by molar-refractivity contribution is 5.81. The molecule has 3 rings (SSSR count). The van der Waals surface area contributed by atoms with Crippen LogP contribution in [0, 0.1) is 11.3 Å². The molecule has 0 saturated carbocycles. The van der Waals surface area contributed by atoms with Gasteiger partial charge in [-0.2, -0.15) is 5.26 Å². The number of anilines is 1. The zero-order valence-electron chi connectivity index (χ0n) is 13.5. The number of fused-ring (bicyclic) bond motifs is 1. The van der Waals surface area contributed by atoms with Crippen LogP contribution >= 0.6 is 0 Å². The third-order valence-corrected chi connectivity index (χ3v) is 3.77. The van der Waals surface area contributed by atoms with Crippen molar-refractivity contribution < 1.29 is 9.47 Å². The van der Waals surface area contributed by atoms with E-state index in [0.717, 1.165) is 33.8 Å². The Labute approximate surface area is 140 Å². The van der Waals surface area contributed by atoms with Gasteiger partial charge in [0.05, 0.1) is 31.4 Å². The summed E-state index contributed by atoms with van der Waals surface area (Å²) in [7, 11) is 3.27. The van der Waals surface area contributed by atoms with Crippen molar-refractivity contribution in [1.82, 2.24) is 4.98 Å². The lowest BCUT2D eigenvalue weighted by atomic mass is 10.1. The summed E-state index contributed by atoms with van der Waals surface area (Å²) in [6.45, 7) is 0.585. The van der Waals surface area contributed by atoms with E-state index in [0.29, 0.717) is 12.1 Å². The van der Waals surface area contributed by atoms with Crippen molar-refractivity contribution in [1.29, 1.82) is 5.26 Å². The number of hydrogen-bond donors (Lipinski definition) is 1. The van der Waals surface area contributed by atoms with Crippen molar-refractivity contribution in [2.24, 2.45) is 0 Å². The second kappa shape index (κ2) is 6.88. The molecule has 120 valence electrons. The second-order valence-corrected chi connectivity index (χ2v) is 5.25. The van der Waals surface area contributed by atoms with Gasteiger partial charge in [0.1, 0.15) is 17.3 Å². The van der Waals surface area contributed by atoms with Gasteiger partial charge in [0, 0.05) is 23.6 Å². The average Bonchev–Trinajstić information content (AvgIpc) is 2.65. The molecule has 0 aliphatic carbocycles. The van der Waals surface area contributed by atoms with Crippen molar-refractivity contribution >= 4 is 16.7 Å². The molecule has 3 aromatic rings. The lowest BCUT2D eigenvalue weighted by molar-refractivity contribution is 0.391. The van der Waals surface area contributed by atoms with Gasteiger partial charge >= 0.3 is 0 Å². The van der Waals surface area contributed by atoms with Crippen molar-refractivity contribution in [3.8, 4) is 17.6 Å². The first-order chi connectivity index (χ1) is 11.7. The van der Waals surface area contributed by atoms with E-state index in [-0.39, 0.29) is 0 Å². The topological polar surface area (TPSA) is 67.2 Å². The summed E-state index contributed by atoms with van der Waals surface area (Å²) < 4.78 is 10.6. The number of nitriles is 1. The van der Waals surface area contributed by atoms with Gasteiger partial charge in [0.2, 0.25) is 0 Å². The molecular weight excluding hydrogens is 302 g/mol. The monoisotopic (exact) mass is 319 g/mol. The van der Waals surface area contributed by atoms with Crippen LogP contribution in [0.15, 0.2) is 48.5 Å². The quantitative estimate of drug-likeness (QED) is 0.776. The van der Waals surface area contributed by atoms with Crippen molar-refractivity contribution in [3.05, 3.63) is 59.7 Å². The maximum absolute atomic E-state index is 8.95. The van der Waals surface area contributed by atoms with E-state index in [1.807, 2.05) is 42.5 Å². The molecule has 0 aliphatic heterocycles. The van der Waals surface area contributed by atoms with E-state index in [9.17, 15) is 0 Å². The number of rotatable bonds is 5. The van der Waals surface area contributed by atoms with Crippen LogP contribution in [0.3, 0.4) is 0 Å². The largest absolute Gasteiger partial charge is 0.497 e. The van der Waals surface area contributed by atoms with Gasteiger partial charge in [-0.1, -0.05) is 0 Å². The highest BCUT2D eigenvalue weighted by Crippen LogP contribution is 2.25. The van der Waals surface area contributed by atoms with Gasteiger partial charge in [-0.05, 0) is 42.5 Å². The Morgan fingerprint density at radius 3 is 2.67 bits per heavy atom. The zero-order chi connectivity index (χ0) is 16.9. The van der Waals surface area contributed by atoms with Crippen molar-refractivity contribution in [2.75, 3.05) is 19.5 Å². The van der Waals surface area contributed by atoms with E-state index >= 15 is 0 Å². The van der Waals surface area contributed by atoms with Crippen molar-refractivity contribution in [3.63, 3.8) is 0 Å². The Hall–Kier alpha value is -3.26. The molecule has 0 bridgehead atoms. The summed E-state index contributed by atoms with van der Waals surface area (Å²) in [6.07, 6.45) is 0. The van der Waals surface area contributed by atoms with Gasteiger partial charge in [0.25, 0.3) is 0 Å². The third kappa shape index (κ3) is 3.23. The minimum Gasteiger partial charge on any atom is -0.497 e. The summed E-state index contributed by atoms with van der Waals surface area (Å²) in [5.74, 6) is 2.29. The van der Waals surface area contributed by atoms with Crippen LogP contribution in [0.25, 0.3) is 10.9 Å². The van der Waals surface area contributed by atoms with E-state index in [4.69, 9.17) is 14.7 Å². The maximum atomic E-state index is 8.95. The van der Waals surface area contributed by atoms with Gasteiger partial charge in [-0.25, -0.2) is 4.98 Å². The molecule has 24 heavy (non-hydrogen) atoms. The molecule has 0 radical (unpaired) electrons. The molecule has 2 aromatic carbocycles. The minimum absolute atomic E-state index is 0.585. The number of pyridine rings is 1. The first-order valence-electron chi connectivity index (χ1n) is 7.49. The molecule has 1 heterocycles. The molecular formula is C19H17N3O2. The first-order valence-corrected chi connectivity index (χ1v) is 7.49. The van der Waals surface area contributed by atoms with E-state index in [1.54, 1.807) is 20.3 Å². The third-order valence-electron chi connectivity index (χ3n) is 3.77. The Morgan fingerprint density at radius 1 is 1.04 bits per heavy atom. The van der Waals surface area contributed by atoms with Gasteiger partial charge in [-0.15, -0.1) is 0 Å². The molecule has 0 aliphatic rings. The van der Waals surface area contributed by atoms with Crippen LogP contribution in [0.2, 0.25) is 0 Å². The molecule has 5 heteroatoms. The number of benzene rings is 2. The molecule has 1 aromatic heterocycles. The molecule has 0 unspecified atom stereocenters. The number of hydrogen-bond acceptors (Lipinski definition) is 5. The molecule has 0 atom stereocenters. The zero-order valence-corrected chi connectivity index (χ0v) is 13.5. The van der Waals surface area contributed by atoms with Gasteiger partial charge in [-0.3, -0.25) is 0 Å². The van der Waals surface area contributed by atoms with Crippen LogP contribution in [-0.2, 0) is 6.54 Å². The Balaban J connectivity index is 1.79. The number of nitrogens with one attached hydrogen (secondary N) is 1. The molecule has 5 nitrogen and oxygen atoms in total. The highest BCUT2D eigenvalue weighted by Gasteiger charge is 2.06. The molecule has 0 spiro atoms. The van der Waals surface area contributed by atoms with Crippen LogP contribution in [0.4, 0.5) is 5.82 Å². The lowest BCUT2D eigenvalue weighted by Gasteiger charge is -2.12. The Morgan fingerprint density at radius 2 is 1.92 bits per heavy atom. The van der Waals surface area contributed by atoms with Gasteiger partial charge in [0.15, 0.2) is 0 Å². The highest BCUT2D eigenvalue weighted by atomic mass is 16.5. The smallest absolute Gasteiger partial charge is 0.127 e.